The summed E-state index contributed by atoms with van der Waals surface area (Å²) in [6.07, 6.45) is 6.04. The zero-order chi connectivity index (χ0) is 6.91. The molecule has 52 valence electrons. The molecule has 1 nitrogen and oxygen atoms in total. The quantitative estimate of drug-likeness (QED) is 0.508. The third kappa shape index (κ3) is 1.18. The van der Waals surface area contributed by atoms with Crippen molar-refractivity contribution in [3.05, 3.63) is 11.0 Å². The van der Waals surface area contributed by atoms with Gasteiger partial charge in [0.2, 0.25) is 0 Å². The van der Waals surface area contributed by atoms with Crippen LogP contribution in [-0.4, -0.2) is 15.8 Å². The fourth-order valence-corrected chi connectivity index (χ4v) is 2.06. The van der Waals surface area contributed by atoms with Crippen molar-refractivity contribution in [2.75, 3.05) is 6.26 Å². The zero-order valence-electron chi connectivity index (χ0n) is 5.89. The van der Waals surface area contributed by atoms with Gasteiger partial charge >= 0.3 is 0 Å². The van der Waals surface area contributed by atoms with Gasteiger partial charge in [-0.15, -0.1) is 0 Å². The lowest BCUT2D eigenvalue weighted by Gasteiger charge is -2.15. The van der Waals surface area contributed by atoms with Crippen LogP contribution < -0.4 is 0 Å². The lowest BCUT2D eigenvalue weighted by molar-refractivity contribution is 0.684. The van der Waals surface area contributed by atoms with E-state index < -0.39 is 9.52 Å². The van der Waals surface area contributed by atoms with Gasteiger partial charge in [-0.25, -0.2) is 0 Å². The Kier molecular flexibility index (Phi) is 1.66. The summed E-state index contributed by atoms with van der Waals surface area (Å²) < 4.78 is 11.4. The van der Waals surface area contributed by atoms with Gasteiger partial charge < -0.3 is 0 Å². The molecule has 1 unspecified atom stereocenters. The SMILES string of the molecule is CC=S(C)(=O)C1=CCC1. The Morgan fingerprint density at radius 1 is 1.78 bits per heavy atom. The molecule has 0 heterocycles. The molecule has 9 heavy (non-hydrogen) atoms. The molecule has 0 aromatic rings. The lowest BCUT2D eigenvalue weighted by atomic mass is 10.1. The van der Waals surface area contributed by atoms with E-state index in [9.17, 15) is 4.21 Å². The van der Waals surface area contributed by atoms with Crippen LogP contribution in [0.1, 0.15) is 19.8 Å². The van der Waals surface area contributed by atoms with Crippen LogP contribution in [0.15, 0.2) is 11.0 Å². The molecule has 1 aliphatic carbocycles. The summed E-state index contributed by atoms with van der Waals surface area (Å²) in [6.45, 7) is 1.86. The van der Waals surface area contributed by atoms with Gasteiger partial charge in [-0.1, -0.05) is 6.08 Å². The van der Waals surface area contributed by atoms with E-state index in [2.05, 4.69) is 6.08 Å². The molecule has 0 aromatic heterocycles. The number of rotatable bonds is 1. The maximum Gasteiger partial charge on any atom is 0.00857 e. The van der Waals surface area contributed by atoms with E-state index in [-0.39, 0.29) is 0 Å². The first-order valence-corrected chi connectivity index (χ1v) is 5.17. The normalized spacial score (nSPS) is 23.6. The summed E-state index contributed by atoms with van der Waals surface area (Å²) in [4.78, 5) is 1.14. The molecule has 1 rings (SSSR count). The minimum atomic E-state index is -1.68. The summed E-state index contributed by atoms with van der Waals surface area (Å²) in [6, 6.07) is 0. The predicted octanol–water partition coefficient (Wildman–Crippen LogP) is 1.40. The Morgan fingerprint density at radius 2 is 2.33 bits per heavy atom. The van der Waals surface area contributed by atoms with Crippen LogP contribution in [0.5, 0.6) is 0 Å². The first-order chi connectivity index (χ1) is 4.17. The van der Waals surface area contributed by atoms with Gasteiger partial charge in [-0.2, -0.15) is 0 Å². The highest BCUT2D eigenvalue weighted by Crippen LogP contribution is 2.22. The molecular weight excluding hydrogens is 132 g/mol. The fourth-order valence-electron chi connectivity index (χ4n) is 0.782. The third-order valence-corrected chi connectivity index (χ3v) is 4.04. The number of hydrogen-bond acceptors (Lipinski definition) is 1. The second kappa shape index (κ2) is 2.18. The smallest absolute Gasteiger partial charge is 0.00857 e. The van der Waals surface area contributed by atoms with E-state index in [1.165, 1.54) is 0 Å². The van der Waals surface area contributed by atoms with E-state index in [4.69, 9.17) is 0 Å². The van der Waals surface area contributed by atoms with Gasteiger partial charge in [0.25, 0.3) is 0 Å². The largest absolute Gasteiger partial charge is 0.264 e. The Labute approximate surface area is 56.8 Å². The second-order valence-electron chi connectivity index (χ2n) is 2.35. The Balaban J connectivity index is 2.97. The van der Waals surface area contributed by atoms with Crippen LogP contribution in [0.2, 0.25) is 0 Å². The minimum Gasteiger partial charge on any atom is -0.264 e. The summed E-state index contributed by atoms with van der Waals surface area (Å²) in [7, 11) is -1.68. The van der Waals surface area contributed by atoms with E-state index in [0.717, 1.165) is 17.7 Å². The second-order valence-corrected chi connectivity index (χ2v) is 5.15. The summed E-state index contributed by atoms with van der Waals surface area (Å²) in [5.74, 6) is 0. The maximum absolute atomic E-state index is 11.4. The molecule has 0 amide bonds. The van der Waals surface area contributed by atoms with Crippen LogP contribution in [0, 0.1) is 0 Å². The first kappa shape index (κ1) is 6.87. The molecule has 1 aliphatic rings. The lowest BCUT2D eigenvalue weighted by Crippen LogP contribution is -2.08. The van der Waals surface area contributed by atoms with E-state index in [0.29, 0.717) is 0 Å². The van der Waals surface area contributed by atoms with Crippen molar-refractivity contribution in [3.63, 3.8) is 0 Å². The van der Waals surface area contributed by atoms with E-state index >= 15 is 0 Å². The molecule has 0 aliphatic heterocycles. The van der Waals surface area contributed by atoms with Gasteiger partial charge in [-0.05, 0) is 34.7 Å². The van der Waals surface area contributed by atoms with Crippen molar-refractivity contribution in [2.45, 2.75) is 19.8 Å². The molecule has 0 bridgehead atoms. The average molecular weight is 144 g/mol. The molecule has 0 spiro atoms. The van der Waals surface area contributed by atoms with Crippen molar-refractivity contribution >= 4 is 14.9 Å². The number of allylic oxidation sites excluding steroid dienone is 2. The molecule has 0 saturated heterocycles. The maximum atomic E-state index is 11.4. The Hall–Kier alpha value is -0.240. The summed E-state index contributed by atoms with van der Waals surface area (Å²) >= 11 is 0. The molecule has 0 fully saturated rings. The van der Waals surface area contributed by atoms with Crippen molar-refractivity contribution < 1.29 is 4.21 Å². The average Bonchev–Trinajstić information content (AvgIpc) is 1.60. The highest BCUT2D eigenvalue weighted by Gasteiger charge is 2.11. The van der Waals surface area contributed by atoms with Gasteiger partial charge in [0.1, 0.15) is 0 Å². The van der Waals surface area contributed by atoms with Crippen molar-refractivity contribution in [1.29, 1.82) is 0 Å². The molecule has 0 radical (unpaired) electrons. The van der Waals surface area contributed by atoms with Crippen molar-refractivity contribution in [2.24, 2.45) is 0 Å². The van der Waals surface area contributed by atoms with Crippen LogP contribution in [0.25, 0.3) is 0 Å². The third-order valence-electron chi connectivity index (χ3n) is 1.73. The number of hydrogen-bond donors (Lipinski definition) is 0. The predicted molar refractivity (Wildman–Crippen MR) is 43.1 cm³/mol. The first-order valence-electron chi connectivity index (χ1n) is 3.14. The van der Waals surface area contributed by atoms with E-state index in [1.54, 1.807) is 11.6 Å². The van der Waals surface area contributed by atoms with Gasteiger partial charge in [0.15, 0.2) is 0 Å². The summed E-state index contributed by atoms with van der Waals surface area (Å²) in [5.41, 5.74) is 0. The fraction of sp³-hybridized carbons (Fsp3) is 0.571. The standard InChI is InChI=1S/C7H12OS/c1-3-9(2,8)7-5-4-6-7/h3,5H,4,6H2,1-2H3. The van der Waals surface area contributed by atoms with E-state index in [1.807, 2.05) is 6.92 Å². The highest BCUT2D eigenvalue weighted by molar-refractivity contribution is 8.04. The van der Waals surface area contributed by atoms with Crippen LogP contribution in [0.3, 0.4) is 0 Å². The molecule has 2 heteroatoms. The van der Waals surface area contributed by atoms with Crippen LogP contribution in [0.4, 0.5) is 0 Å². The zero-order valence-corrected chi connectivity index (χ0v) is 6.70. The monoisotopic (exact) mass is 144 g/mol. The Bertz CT molecular complexity index is 242. The van der Waals surface area contributed by atoms with Gasteiger partial charge in [0.05, 0.1) is 0 Å². The van der Waals surface area contributed by atoms with Gasteiger partial charge in [-0.3, -0.25) is 4.21 Å². The summed E-state index contributed by atoms with van der Waals surface area (Å²) in [5, 5.41) is 1.80. The van der Waals surface area contributed by atoms with Crippen molar-refractivity contribution in [3.8, 4) is 0 Å². The molecule has 1 atom stereocenters. The van der Waals surface area contributed by atoms with Gasteiger partial charge in [0, 0.05) is 11.2 Å². The highest BCUT2D eigenvalue weighted by atomic mass is 32.2. The minimum absolute atomic E-state index is 1.04. The molecule has 0 aromatic carbocycles. The topological polar surface area (TPSA) is 17.1 Å². The molecule has 0 N–H and O–H groups in total. The van der Waals surface area contributed by atoms with Crippen molar-refractivity contribution in [1.82, 2.24) is 0 Å². The van der Waals surface area contributed by atoms with Crippen LogP contribution >= 0.6 is 0 Å². The van der Waals surface area contributed by atoms with Crippen LogP contribution in [-0.2, 0) is 9.52 Å². The molecular formula is C7H12OS. The molecule has 0 saturated carbocycles. The Morgan fingerprint density at radius 3 is 2.44 bits per heavy atom.